The minimum Gasteiger partial charge on any atom is -0.322 e. The van der Waals surface area contributed by atoms with E-state index in [2.05, 4.69) is 10.6 Å². The SMILES string of the molecule is O=C(Nc1cccc(C(F)(F)F)c1)c1ccccc1NC(=O)c1ccccc1C(F)(F)F. The summed E-state index contributed by atoms with van der Waals surface area (Å²) >= 11 is 0. The van der Waals surface area contributed by atoms with Gasteiger partial charge in [0, 0.05) is 5.69 Å². The van der Waals surface area contributed by atoms with E-state index in [0.717, 1.165) is 36.4 Å². The van der Waals surface area contributed by atoms with Crippen molar-refractivity contribution in [1.29, 1.82) is 0 Å². The third-order valence-electron chi connectivity index (χ3n) is 4.34. The maximum absolute atomic E-state index is 13.2. The van der Waals surface area contributed by atoms with E-state index in [1.807, 2.05) is 0 Å². The molecular weight excluding hydrogens is 438 g/mol. The van der Waals surface area contributed by atoms with Gasteiger partial charge in [0.1, 0.15) is 0 Å². The van der Waals surface area contributed by atoms with Crippen molar-refractivity contribution in [3.8, 4) is 0 Å². The second-order valence-corrected chi connectivity index (χ2v) is 6.58. The van der Waals surface area contributed by atoms with Crippen LogP contribution in [0.2, 0.25) is 0 Å². The Bertz CT molecular complexity index is 1160. The molecule has 0 aliphatic carbocycles. The zero-order chi connectivity index (χ0) is 23.5. The second-order valence-electron chi connectivity index (χ2n) is 6.58. The number of carbonyl (C=O) groups is 2. The highest BCUT2D eigenvalue weighted by Crippen LogP contribution is 2.33. The first-order valence-corrected chi connectivity index (χ1v) is 9.02. The van der Waals surface area contributed by atoms with Gasteiger partial charge in [-0.1, -0.05) is 30.3 Å². The van der Waals surface area contributed by atoms with Crippen LogP contribution in [0.3, 0.4) is 0 Å². The fraction of sp³-hybridized carbons (Fsp3) is 0.0909. The molecule has 3 aromatic carbocycles. The van der Waals surface area contributed by atoms with E-state index in [4.69, 9.17) is 0 Å². The van der Waals surface area contributed by atoms with Gasteiger partial charge in [0.15, 0.2) is 0 Å². The lowest BCUT2D eigenvalue weighted by molar-refractivity contribution is -0.138. The molecule has 3 rings (SSSR count). The molecule has 4 nitrogen and oxygen atoms in total. The normalized spacial score (nSPS) is 11.7. The van der Waals surface area contributed by atoms with Crippen molar-refractivity contribution >= 4 is 23.2 Å². The number of amides is 2. The number of para-hydroxylation sites is 1. The van der Waals surface area contributed by atoms with Crippen LogP contribution in [0.4, 0.5) is 37.7 Å². The van der Waals surface area contributed by atoms with Crippen LogP contribution in [0.15, 0.2) is 72.8 Å². The van der Waals surface area contributed by atoms with Crippen molar-refractivity contribution in [2.75, 3.05) is 10.6 Å². The smallest absolute Gasteiger partial charge is 0.322 e. The van der Waals surface area contributed by atoms with E-state index in [1.165, 1.54) is 36.4 Å². The first kappa shape index (κ1) is 22.9. The number of benzene rings is 3. The first-order valence-electron chi connectivity index (χ1n) is 9.02. The molecule has 0 aliphatic heterocycles. The summed E-state index contributed by atoms with van der Waals surface area (Å²) in [6.07, 6.45) is -9.38. The molecule has 0 fully saturated rings. The van der Waals surface area contributed by atoms with Crippen molar-refractivity contribution in [3.05, 3.63) is 95.1 Å². The van der Waals surface area contributed by atoms with Crippen LogP contribution < -0.4 is 10.6 Å². The van der Waals surface area contributed by atoms with Gasteiger partial charge in [-0.05, 0) is 42.5 Å². The summed E-state index contributed by atoms with van der Waals surface area (Å²) in [6, 6.07) is 13.5. The van der Waals surface area contributed by atoms with E-state index in [9.17, 15) is 35.9 Å². The summed E-state index contributed by atoms with van der Waals surface area (Å²) in [5, 5.41) is 4.55. The van der Waals surface area contributed by atoms with Crippen LogP contribution in [-0.2, 0) is 12.4 Å². The average molecular weight is 452 g/mol. The summed E-state index contributed by atoms with van der Waals surface area (Å²) in [5.74, 6) is -1.96. The fourth-order valence-electron chi connectivity index (χ4n) is 2.88. The largest absolute Gasteiger partial charge is 0.417 e. The van der Waals surface area contributed by atoms with Gasteiger partial charge in [0.25, 0.3) is 11.8 Å². The maximum Gasteiger partial charge on any atom is 0.417 e. The minimum absolute atomic E-state index is 0.112. The quantitative estimate of drug-likeness (QED) is 0.461. The lowest BCUT2D eigenvalue weighted by Crippen LogP contribution is -2.21. The third kappa shape index (κ3) is 5.26. The molecule has 2 N–H and O–H groups in total. The Hall–Kier alpha value is -3.82. The number of hydrogen-bond acceptors (Lipinski definition) is 2. The van der Waals surface area contributed by atoms with E-state index in [1.54, 1.807) is 0 Å². The van der Waals surface area contributed by atoms with Gasteiger partial charge in [-0.3, -0.25) is 9.59 Å². The lowest BCUT2D eigenvalue weighted by Gasteiger charge is -2.15. The molecule has 0 spiro atoms. The highest BCUT2D eigenvalue weighted by molar-refractivity contribution is 6.12. The third-order valence-corrected chi connectivity index (χ3v) is 4.34. The summed E-state index contributed by atoms with van der Waals surface area (Å²) in [5.41, 5.74) is -3.17. The van der Waals surface area contributed by atoms with Crippen LogP contribution in [0, 0.1) is 0 Å². The molecule has 10 heteroatoms. The summed E-state index contributed by atoms with van der Waals surface area (Å²) < 4.78 is 78.2. The Labute approximate surface area is 177 Å². The number of hydrogen-bond donors (Lipinski definition) is 2. The Morgan fingerprint density at radius 3 is 1.88 bits per heavy atom. The predicted octanol–water partition coefficient (Wildman–Crippen LogP) is 6.23. The van der Waals surface area contributed by atoms with Gasteiger partial charge in [-0.15, -0.1) is 0 Å². The summed E-state index contributed by atoms with van der Waals surface area (Å²) in [6.45, 7) is 0. The van der Waals surface area contributed by atoms with E-state index >= 15 is 0 Å². The van der Waals surface area contributed by atoms with E-state index in [0.29, 0.717) is 0 Å². The minimum atomic E-state index is -4.77. The zero-order valence-electron chi connectivity index (χ0n) is 16.0. The van der Waals surface area contributed by atoms with Crippen molar-refractivity contribution in [3.63, 3.8) is 0 Å². The molecular formula is C22H14F6N2O2. The number of nitrogens with one attached hydrogen (secondary N) is 2. The molecule has 0 saturated heterocycles. The molecule has 3 aromatic rings. The molecule has 0 heterocycles. The maximum atomic E-state index is 13.2. The molecule has 0 saturated carbocycles. The fourth-order valence-corrected chi connectivity index (χ4v) is 2.88. The highest BCUT2D eigenvalue weighted by atomic mass is 19.4. The Morgan fingerprint density at radius 1 is 0.625 bits per heavy atom. The van der Waals surface area contributed by atoms with Crippen LogP contribution in [-0.4, -0.2) is 11.8 Å². The first-order chi connectivity index (χ1) is 15.0. The summed E-state index contributed by atoms with van der Waals surface area (Å²) in [7, 11) is 0. The number of halogens is 6. The number of anilines is 2. The van der Waals surface area contributed by atoms with Gasteiger partial charge in [-0.2, -0.15) is 26.3 Å². The Balaban J connectivity index is 1.86. The molecule has 2 amide bonds. The molecule has 0 aliphatic rings. The van der Waals surface area contributed by atoms with Crippen LogP contribution in [0.1, 0.15) is 31.8 Å². The molecule has 0 bridgehead atoms. The van der Waals surface area contributed by atoms with Crippen LogP contribution in [0.25, 0.3) is 0 Å². The molecule has 166 valence electrons. The van der Waals surface area contributed by atoms with E-state index < -0.39 is 40.9 Å². The van der Waals surface area contributed by atoms with Gasteiger partial charge in [-0.25, -0.2) is 0 Å². The highest BCUT2D eigenvalue weighted by Gasteiger charge is 2.35. The Kier molecular flexibility index (Phi) is 6.24. The van der Waals surface area contributed by atoms with Crippen molar-refractivity contribution in [2.45, 2.75) is 12.4 Å². The monoisotopic (exact) mass is 452 g/mol. The lowest BCUT2D eigenvalue weighted by atomic mass is 10.1. The standard InChI is InChI=1S/C22H14F6N2O2/c23-21(24,25)13-6-5-7-14(12-13)29-20(32)16-9-2-4-11-18(16)30-19(31)15-8-1-3-10-17(15)22(26,27)28/h1-12H,(H,29,32)(H,30,31). The molecule has 0 atom stereocenters. The number of rotatable bonds is 4. The predicted molar refractivity (Wildman–Crippen MR) is 105 cm³/mol. The number of alkyl halides is 6. The average Bonchev–Trinajstić information content (AvgIpc) is 2.73. The zero-order valence-corrected chi connectivity index (χ0v) is 16.0. The van der Waals surface area contributed by atoms with Gasteiger partial charge in [0.05, 0.1) is 27.9 Å². The van der Waals surface area contributed by atoms with Crippen molar-refractivity contribution < 1.29 is 35.9 Å². The molecule has 0 radical (unpaired) electrons. The Morgan fingerprint density at radius 2 is 1.22 bits per heavy atom. The van der Waals surface area contributed by atoms with Crippen LogP contribution >= 0.6 is 0 Å². The number of carbonyl (C=O) groups excluding carboxylic acids is 2. The van der Waals surface area contributed by atoms with Gasteiger partial charge in [0.2, 0.25) is 0 Å². The topological polar surface area (TPSA) is 58.2 Å². The van der Waals surface area contributed by atoms with E-state index in [-0.39, 0.29) is 16.9 Å². The second kappa shape index (κ2) is 8.74. The molecule has 32 heavy (non-hydrogen) atoms. The van der Waals surface area contributed by atoms with Gasteiger partial charge < -0.3 is 10.6 Å². The van der Waals surface area contributed by atoms with Crippen molar-refractivity contribution in [2.24, 2.45) is 0 Å². The van der Waals surface area contributed by atoms with Crippen LogP contribution in [0.5, 0.6) is 0 Å². The molecule has 0 aromatic heterocycles. The molecule has 0 unspecified atom stereocenters. The summed E-state index contributed by atoms with van der Waals surface area (Å²) in [4.78, 5) is 25.1. The van der Waals surface area contributed by atoms with Crippen molar-refractivity contribution in [1.82, 2.24) is 0 Å². The van der Waals surface area contributed by atoms with Gasteiger partial charge >= 0.3 is 12.4 Å².